The minimum absolute atomic E-state index is 0.308. The Morgan fingerprint density at radius 2 is 1.68 bits per heavy atom. The van der Waals surface area contributed by atoms with Crippen molar-refractivity contribution >= 4 is 17.4 Å². The zero-order valence-corrected chi connectivity index (χ0v) is 12.4. The Balaban J connectivity index is 2.33. The Bertz CT molecular complexity index is 684. The number of rotatable bonds is 4. The lowest BCUT2D eigenvalue weighted by Gasteiger charge is -2.09. The van der Waals surface area contributed by atoms with Gasteiger partial charge in [-0.3, -0.25) is 10.1 Å². The van der Waals surface area contributed by atoms with Crippen LogP contribution in [0.25, 0.3) is 0 Å². The van der Waals surface area contributed by atoms with Gasteiger partial charge in [0.15, 0.2) is 0 Å². The van der Waals surface area contributed by atoms with Crippen molar-refractivity contribution in [3.8, 4) is 0 Å². The average molecular weight is 327 g/mol. The van der Waals surface area contributed by atoms with E-state index in [0.717, 1.165) is 40.8 Å². The first kappa shape index (κ1) is 16.4. The summed E-state index contributed by atoms with van der Waals surface area (Å²) in [5, 5.41) is 10.7. The van der Waals surface area contributed by atoms with Crippen LogP contribution in [0.4, 0.5) is 18.9 Å². The normalized spacial score (nSPS) is 11.5. The van der Waals surface area contributed by atoms with Gasteiger partial charge in [-0.25, -0.2) is 0 Å². The molecule has 22 heavy (non-hydrogen) atoms. The van der Waals surface area contributed by atoms with Gasteiger partial charge in [0.2, 0.25) is 0 Å². The topological polar surface area (TPSA) is 43.1 Å². The quantitative estimate of drug-likeness (QED) is 0.563. The van der Waals surface area contributed by atoms with E-state index < -0.39 is 22.4 Å². The van der Waals surface area contributed by atoms with Crippen LogP contribution >= 0.6 is 11.8 Å². The minimum atomic E-state index is -4.76. The molecule has 0 unspecified atom stereocenters. The molecule has 2 rings (SSSR count). The van der Waals surface area contributed by atoms with Gasteiger partial charge in [-0.1, -0.05) is 30.8 Å². The van der Waals surface area contributed by atoms with Gasteiger partial charge < -0.3 is 0 Å². The molecule has 0 aliphatic rings. The van der Waals surface area contributed by atoms with Crippen molar-refractivity contribution in [3.63, 3.8) is 0 Å². The molecule has 0 saturated carbocycles. The maximum Gasteiger partial charge on any atom is 0.423 e. The van der Waals surface area contributed by atoms with Crippen molar-refractivity contribution in [1.82, 2.24) is 0 Å². The van der Waals surface area contributed by atoms with Crippen LogP contribution < -0.4 is 0 Å². The van der Waals surface area contributed by atoms with E-state index in [9.17, 15) is 23.3 Å². The molecular weight excluding hydrogens is 315 g/mol. The lowest BCUT2D eigenvalue weighted by Crippen LogP contribution is -2.08. The molecule has 0 bridgehead atoms. The third kappa shape index (κ3) is 3.79. The Kier molecular flexibility index (Phi) is 4.75. The Morgan fingerprint density at radius 3 is 2.18 bits per heavy atom. The predicted molar refractivity (Wildman–Crippen MR) is 78.0 cm³/mol. The summed E-state index contributed by atoms with van der Waals surface area (Å²) in [5.41, 5.74) is -1.03. The molecule has 3 nitrogen and oxygen atoms in total. The van der Waals surface area contributed by atoms with Crippen LogP contribution in [-0.2, 0) is 12.6 Å². The molecular formula is C15H12F3NO2S. The van der Waals surface area contributed by atoms with E-state index in [0.29, 0.717) is 4.90 Å². The first-order valence-electron chi connectivity index (χ1n) is 6.43. The monoisotopic (exact) mass is 327 g/mol. The number of hydrogen-bond acceptors (Lipinski definition) is 3. The Morgan fingerprint density at radius 1 is 1.09 bits per heavy atom. The van der Waals surface area contributed by atoms with Gasteiger partial charge in [-0.05, 0) is 36.2 Å². The van der Waals surface area contributed by atoms with Crippen molar-refractivity contribution in [2.45, 2.75) is 29.3 Å². The maximum atomic E-state index is 12.9. The van der Waals surface area contributed by atoms with Crippen LogP contribution in [0.3, 0.4) is 0 Å². The minimum Gasteiger partial charge on any atom is -0.258 e. The highest BCUT2D eigenvalue weighted by Gasteiger charge is 2.38. The summed E-state index contributed by atoms with van der Waals surface area (Å²) < 4.78 is 38.7. The second-order valence-corrected chi connectivity index (χ2v) is 5.68. The molecule has 0 atom stereocenters. The molecule has 0 heterocycles. The fourth-order valence-electron chi connectivity index (χ4n) is 1.89. The van der Waals surface area contributed by atoms with Gasteiger partial charge in [-0.2, -0.15) is 13.2 Å². The zero-order valence-electron chi connectivity index (χ0n) is 11.6. The number of halogens is 3. The lowest BCUT2D eigenvalue weighted by atomic mass is 10.2. The average Bonchev–Trinajstić information content (AvgIpc) is 2.47. The van der Waals surface area contributed by atoms with Gasteiger partial charge >= 0.3 is 6.18 Å². The molecule has 0 aliphatic carbocycles. The van der Waals surface area contributed by atoms with Crippen molar-refractivity contribution < 1.29 is 18.1 Å². The number of benzene rings is 2. The zero-order chi connectivity index (χ0) is 16.3. The summed E-state index contributed by atoms with van der Waals surface area (Å²) in [6.45, 7) is 2.01. The van der Waals surface area contributed by atoms with Crippen molar-refractivity contribution in [2.75, 3.05) is 0 Å². The highest BCUT2D eigenvalue weighted by atomic mass is 32.2. The number of hydrogen-bond donors (Lipinski definition) is 0. The SMILES string of the molecule is CCc1ccc(Sc2ccc([N+](=O)[O-])c(C(F)(F)F)c2)cc1. The van der Waals surface area contributed by atoms with Crippen molar-refractivity contribution in [2.24, 2.45) is 0 Å². The third-order valence-corrected chi connectivity index (χ3v) is 4.03. The number of aryl methyl sites for hydroxylation is 1. The van der Waals surface area contributed by atoms with Gasteiger partial charge in [0.1, 0.15) is 5.56 Å². The largest absolute Gasteiger partial charge is 0.423 e. The van der Waals surface area contributed by atoms with Crippen LogP contribution in [0.15, 0.2) is 52.3 Å². The molecule has 0 N–H and O–H groups in total. The molecule has 2 aromatic carbocycles. The van der Waals surface area contributed by atoms with Gasteiger partial charge in [0.05, 0.1) is 4.92 Å². The number of nitrogens with zero attached hydrogens (tertiary/aromatic N) is 1. The molecule has 7 heteroatoms. The van der Waals surface area contributed by atoms with Crippen LogP contribution in [0.2, 0.25) is 0 Å². The van der Waals surface area contributed by atoms with E-state index in [1.54, 1.807) is 0 Å². The standard InChI is InChI=1S/C15H12F3NO2S/c1-2-10-3-5-11(6-4-10)22-12-7-8-14(19(20)21)13(9-12)15(16,17)18/h3-9H,2H2,1H3. The summed E-state index contributed by atoms with van der Waals surface area (Å²) in [6, 6.07) is 10.5. The summed E-state index contributed by atoms with van der Waals surface area (Å²) in [4.78, 5) is 10.8. The smallest absolute Gasteiger partial charge is 0.258 e. The van der Waals surface area contributed by atoms with Crippen molar-refractivity contribution in [3.05, 3.63) is 63.7 Å². The first-order chi connectivity index (χ1) is 10.3. The molecule has 2 aromatic rings. The van der Waals surface area contributed by atoms with E-state index in [-0.39, 0.29) is 0 Å². The molecule has 0 spiro atoms. The van der Waals surface area contributed by atoms with E-state index in [1.165, 1.54) is 6.07 Å². The van der Waals surface area contributed by atoms with Gasteiger partial charge in [0.25, 0.3) is 5.69 Å². The second-order valence-electron chi connectivity index (χ2n) is 4.53. The third-order valence-electron chi connectivity index (χ3n) is 3.04. The lowest BCUT2D eigenvalue weighted by molar-refractivity contribution is -0.388. The summed E-state index contributed by atoms with van der Waals surface area (Å²) >= 11 is 1.13. The van der Waals surface area contributed by atoms with Crippen LogP contribution in [0.1, 0.15) is 18.1 Å². The predicted octanol–water partition coefficient (Wildman–Crippen LogP) is 5.33. The Labute approximate surface area is 129 Å². The number of nitro groups is 1. The van der Waals surface area contributed by atoms with E-state index >= 15 is 0 Å². The van der Waals surface area contributed by atoms with E-state index in [4.69, 9.17) is 0 Å². The van der Waals surface area contributed by atoms with Crippen LogP contribution in [0, 0.1) is 10.1 Å². The number of nitro benzene ring substituents is 1. The summed E-state index contributed by atoms with van der Waals surface area (Å²) in [6.07, 6.45) is -3.88. The number of alkyl halides is 3. The van der Waals surface area contributed by atoms with Crippen molar-refractivity contribution in [1.29, 1.82) is 0 Å². The molecule has 116 valence electrons. The fraction of sp³-hybridized carbons (Fsp3) is 0.200. The maximum absolute atomic E-state index is 12.9. The molecule has 0 radical (unpaired) electrons. The fourth-order valence-corrected chi connectivity index (χ4v) is 2.75. The highest BCUT2D eigenvalue weighted by molar-refractivity contribution is 7.99. The molecule has 0 fully saturated rings. The van der Waals surface area contributed by atoms with E-state index in [1.807, 2.05) is 31.2 Å². The molecule has 0 aliphatic heterocycles. The van der Waals surface area contributed by atoms with Crippen LogP contribution in [-0.4, -0.2) is 4.92 Å². The molecule has 0 aromatic heterocycles. The van der Waals surface area contributed by atoms with Gasteiger partial charge in [0, 0.05) is 15.9 Å². The first-order valence-corrected chi connectivity index (χ1v) is 7.25. The Hall–Kier alpha value is -2.02. The van der Waals surface area contributed by atoms with Gasteiger partial charge in [-0.15, -0.1) is 0 Å². The molecule has 0 amide bonds. The highest BCUT2D eigenvalue weighted by Crippen LogP contribution is 2.39. The summed E-state index contributed by atoms with van der Waals surface area (Å²) in [5.74, 6) is 0. The van der Waals surface area contributed by atoms with Crippen LogP contribution in [0.5, 0.6) is 0 Å². The summed E-state index contributed by atoms with van der Waals surface area (Å²) in [7, 11) is 0. The second kappa shape index (κ2) is 6.39. The van der Waals surface area contributed by atoms with E-state index in [2.05, 4.69) is 0 Å². The molecule has 0 saturated heterocycles.